The minimum absolute atomic E-state index is 0.0790. The molecule has 1 fully saturated rings. The number of carbonyl (C=O) groups is 1. The summed E-state index contributed by atoms with van der Waals surface area (Å²) in [5, 5.41) is 3.01. The van der Waals surface area contributed by atoms with Gasteiger partial charge in [0.15, 0.2) is 0 Å². The third kappa shape index (κ3) is 3.05. The van der Waals surface area contributed by atoms with Crippen LogP contribution < -0.4 is 5.32 Å². The molecule has 1 unspecified atom stereocenters. The zero-order valence-corrected chi connectivity index (χ0v) is 8.83. The normalized spacial score (nSPS) is 24.1. The molecule has 1 rings (SSSR count). The highest BCUT2D eigenvalue weighted by atomic mass is 32.2. The third-order valence-electron chi connectivity index (χ3n) is 1.80. The maximum Gasteiger partial charge on any atom is 0.224 e. The van der Waals surface area contributed by atoms with Crippen LogP contribution in [-0.2, 0) is 4.79 Å². The molecule has 1 atom stereocenters. The molecule has 1 amide bonds. The molecular formula is C9H17NOS. The van der Waals surface area contributed by atoms with E-state index in [1.807, 2.05) is 32.5 Å². The standard InChI is InChI=1S/C9H17NOS/c1-9(2,3)10-8(11)7-4-5-12-6-7/h7H,4-6H2,1-3H3,(H,10,11). The lowest BCUT2D eigenvalue weighted by molar-refractivity contribution is -0.125. The van der Waals surface area contributed by atoms with E-state index >= 15 is 0 Å². The molecule has 1 aliphatic rings. The molecule has 0 radical (unpaired) electrons. The molecule has 3 heteroatoms. The first-order valence-electron chi connectivity index (χ1n) is 4.39. The van der Waals surface area contributed by atoms with Crippen LogP contribution in [0.4, 0.5) is 0 Å². The minimum atomic E-state index is -0.0790. The Hall–Kier alpha value is -0.180. The fourth-order valence-corrected chi connectivity index (χ4v) is 2.43. The summed E-state index contributed by atoms with van der Waals surface area (Å²) in [6.45, 7) is 6.06. The number of hydrogen-bond acceptors (Lipinski definition) is 2. The smallest absolute Gasteiger partial charge is 0.224 e. The van der Waals surface area contributed by atoms with Crippen LogP contribution in [0.25, 0.3) is 0 Å². The molecule has 1 saturated heterocycles. The lowest BCUT2D eigenvalue weighted by Crippen LogP contribution is -2.43. The van der Waals surface area contributed by atoms with Crippen molar-refractivity contribution in [2.45, 2.75) is 32.7 Å². The molecule has 0 aromatic carbocycles. The highest BCUT2D eigenvalue weighted by Gasteiger charge is 2.25. The van der Waals surface area contributed by atoms with E-state index in [0.717, 1.165) is 17.9 Å². The third-order valence-corrected chi connectivity index (χ3v) is 2.96. The van der Waals surface area contributed by atoms with Gasteiger partial charge < -0.3 is 5.32 Å². The number of carbonyl (C=O) groups excluding carboxylic acids is 1. The molecule has 0 aromatic heterocycles. The number of thioether (sulfide) groups is 1. The highest BCUT2D eigenvalue weighted by Crippen LogP contribution is 2.23. The van der Waals surface area contributed by atoms with Gasteiger partial charge in [0.2, 0.25) is 5.91 Å². The molecule has 0 spiro atoms. The summed E-state index contributed by atoms with van der Waals surface area (Å²) in [6.07, 6.45) is 1.05. The van der Waals surface area contributed by atoms with Crippen molar-refractivity contribution >= 4 is 17.7 Å². The van der Waals surface area contributed by atoms with E-state index in [4.69, 9.17) is 0 Å². The molecule has 0 saturated carbocycles. The van der Waals surface area contributed by atoms with Gasteiger partial charge in [-0.05, 0) is 32.9 Å². The van der Waals surface area contributed by atoms with Gasteiger partial charge >= 0.3 is 0 Å². The van der Waals surface area contributed by atoms with Crippen molar-refractivity contribution in [1.29, 1.82) is 0 Å². The van der Waals surface area contributed by atoms with Crippen LogP contribution in [0.15, 0.2) is 0 Å². The Kier molecular flexibility index (Phi) is 3.04. The lowest BCUT2D eigenvalue weighted by Gasteiger charge is -2.22. The zero-order valence-electron chi connectivity index (χ0n) is 8.02. The van der Waals surface area contributed by atoms with E-state index in [1.54, 1.807) is 0 Å². The summed E-state index contributed by atoms with van der Waals surface area (Å²) in [6, 6.07) is 0. The second-order valence-electron chi connectivity index (χ2n) is 4.30. The number of nitrogens with one attached hydrogen (secondary N) is 1. The molecular weight excluding hydrogens is 170 g/mol. The summed E-state index contributed by atoms with van der Waals surface area (Å²) >= 11 is 1.88. The summed E-state index contributed by atoms with van der Waals surface area (Å²) < 4.78 is 0. The highest BCUT2D eigenvalue weighted by molar-refractivity contribution is 7.99. The Bertz CT molecular complexity index is 168. The van der Waals surface area contributed by atoms with Gasteiger partial charge in [0.25, 0.3) is 0 Å². The van der Waals surface area contributed by atoms with Crippen molar-refractivity contribution in [3.8, 4) is 0 Å². The zero-order chi connectivity index (χ0) is 9.19. The van der Waals surface area contributed by atoms with Crippen molar-refractivity contribution in [3.05, 3.63) is 0 Å². The maximum atomic E-state index is 11.5. The molecule has 1 heterocycles. The van der Waals surface area contributed by atoms with Crippen molar-refractivity contribution in [3.63, 3.8) is 0 Å². The van der Waals surface area contributed by atoms with E-state index in [0.29, 0.717) is 0 Å². The number of amides is 1. The quantitative estimate of drug-likeness (QED) is 0.676. The van der Waals surface area contributed by atoms with E-state index in [9.17, 15) is 4.79 Å². The Morgan fingerprint density at radius 2 is 2.17 bits per heavy atom. The van der Waals surface area contributed by atoms with Crippen LogP contribution in [0.3, 0.4) is 0 Å². The SMILES string of the molecule is CC(C)(C)NC(=O)C1CCSC1. The Balaban J connectivity index is 2.37. The van der Waals surface area contributed by atoms with Gasteiger partial charge in [0.05, 0.1) is 0 Å². The lowest BCUT2D eigenvalue weighted by atomic mass is 10.0. The van der Waals surface area contributed by atoms with Gasteiger partial charge in [-0.3, -0.25) is 4.79 Å². The molecule has 1 N–H and O–H groups in total. The Labute approximate surface area is 78.5 Å². The largest absolute Gasteiger partial charge is 0.351 e. The summed E-state index contributed by atoms with van der Waals surface area (Å²) in [5.41, 5.74) is -0.0790. The fourth-order valence-electron chi connectivity index (χ4n) is 1.21. The second-order valence-corrected chi connectivity index (χ2v) is 5.45. The Morgan fingerprint density at radius 1 is 1.50 bits per heavy atom. The molecule has 0 bridgehead atoms. The van der Waals surface area contributed by atoms with Gasteiger partial charge in [-0.2, -0.15) is 11.8 Å². The van der Waals surface area contributed by atoms with Crippen LogP contribution in [0.1, 0.15) is 27.2 Å². The molecule has 0 aromatic rings. The van der Waals surface area contributed by atoms with E-state index in [1.165, 1.54) is 0 Å². The van der Waals surface area contributed by atoms with Crippen molar-refractivity contribution in [2.24, 2.45) is 5.92 Å². The molecule has 0 aliphatic carbocycles. The van der Waals surface area contributed by atoms with Gasteiger partial charge in [-0.15, -0.1) is 0 Å². The monoisotopic (exact) mass is 187 g/mol. The van der Waals surface area contributed by atoms with Crippen LogP contribution in [-0.4, -0.2) is 23.0 Å². The Morgan fingerprint density at radius 3 is 2.58 bits per heavy atom. The van der Waals surface area contributed by atoms with Crippen molar-refractivity contribution < 1.29 is 4.79 Å². The van der Waals surface area contributed by atoms with Gasteiger partial charge in [0, 0.05) is 17.2 Å². The van der Waals surface area contributed by atoms with E-state index in [-0.39, 0.29) is 17.4 Å². The predicted octanol–water partition coefficient (Wildman–Crippen LogP) is 1.65. The predicted molar refractivity (Wildman–Crippen MR) is 53.3 cm³/mol. The topological polar surface area (TPSA) is 29.1 Å². The minimum Gasteiger partial charge on any atom is -0.351 e. The van der Waals surface area contributed by atoms with Crippen LogP contribution in [0.2, 0.25) is 0 Å². The second kappa shape index (κ2) is 3.69. The summed E-state index contributed by atoms with van der Waals surface area (Å²) in [4.78, 5) is 11.5. The van der Waals surface area contributed by atoms with Gasteiger partial charge in [-0.25, -0.2) is 0 Å². The first kappa shape index (κ1) is 9.90. The number of hydrogen-bond donors (Lipinski definition) is 1. The van der Waals surface area contributed by atoms with E-state index < -0.39 is 0 Å². The number of rotatable bonds is 1. The molecule has 1 aliphatic heterocycles. The van der Waals surface area contributed by atoms with Crippen molar-refractivity contribution in [1.82, 2.24) is 5.32 Å². The molecule has 2 nitrogen and oxygen atoms in total. The summed E-state index contributed by atoms with van der Waals surface area (Å²) in [7, 11) is 0. The summed E-state index contributed by atoms with van der Waals surface area (Å²) in [5.74, 6) is 2.63. The fraction of sp³-hybridized carbons (Fsp3) is 0.889. The van der Waals surface area contributed by atoms with Gasteiger partial charge in [-0.1, -0.05) is 0 Å². The van der Waals surface area contributed by atoms with E-state index in [2.05, 4.69) is 5.32 Å². The average Bonchev–Trinajstić information content (AvgIpc) is 2.32. The molecule has 12 heavy (non-hydrogen) atoms. The van der Waals surface area contributed by atoms with Gasteiger partial charge in [0.1, 0.15) is 0 Å². The average molecular weight is 187 g/mol. The first-order valence-corrected chi connectivity index (χ1v) is 5.54. The maximum absolute atomic E-state index is 11.5. The molecule has 70 valence electrons. The van der Waals surface area contributed by atoms with Crippen LogP contribution >= 0.6 is 11.8 Å². The first-order chi connectivity index (χ1) is 5.49. The van der Waals surface area contributed by atoms with Crippen LogP contribution in [0.5, 0.6) is 0 Å². The van der Waals surface area contributed by atoms with Crippen molar-refractivity contribution in [2.75, 3.05) is 11.5 Å². The van der Waals surface area contributed by atoms with Crippen LogP contribution in [0, 0.1) is 5.92 Å².